The first-order chi connectivity index (χ1) is 8.54. The van der Waals surface area contributed by atoms with Gasteiger partial charge in [0.2, 0.25) is 0 Å². The van der Waals surface area contributed by atoms with Crippen LogP contribution in [0.25, 0.3) is 11.0 Å². The minimum atomic E-state index is -0.375. The van der Waals surface area contributed by atoms with Crippen LogP contribution in [0.3, 0.4) is 0 Å². The van der Waals surface area contributed by atoms with Crippen LogP contribution in [0.2, 0.25) is 0 Å². The lowest BCUT2D eigenvalue weighted by Crippen LogP contribution is -2.26. The van der Waals surface area contributed by atoms with E-state index in [0.717, 1.165) is 0 Å². The van der Waals surface area contributed by atoms with Crippen LogP contribution >= 0.6 is 0 Å². The minimum Gasteiger partial charge on any atom is -0.305 e. The van der Waals surface area contributed by atoms with E-state index in [1.165, 1.54) is 6.07 Å². The molecule has 2 rings (SSSR count). The molecule has 0 saturated heterocycles. The van der Waals surface area contributed by atoms with Crippen molar-refractivity contribution < 1.29 is 4.39 Å². The molecule has 0 aliphatic rings. The number of halogens is 1. The quantitative estimate of drug-likeness (QED) is 0.837. The second-order valence-corrected chi connectivity index (χ2v) is 4.81. The molecule has 1 heterocycles. The van der Waals surface area contributed by atoms with Crippen molar-refractivity contribution in [3.8, 4) is 0 Å². The number of fused-ring (bicyclic) bond motifs is 1. The van der Waals surface area contributed by atoms with Crippen LogP contribution in [-0.2, 0) is 13.0 Å². The highest BCUT2D eigenvalue weighted by molar-refractivity contribution is 5.75. The summed E-state index contributed by atoms with van der Waals surface area (Å²) >= 11 is 0. The predicted octanol–water partition coefficient (Wildman–Crippen LogP) is 2.75. The molecule has 2 aromatic rings. The monoisotopic (exact) mass is 248 g/mol. The lowest BCUT2D eigenvalue weighted by Gasteiger charge is -2.11. The largest absolute Gasteiger partial charge is 0.305 e. The fourth-order valence-corrected chi connectivity index (χ4v) is 2.11. The number of aromatic nitrogens is 2. The molecule has 1 aromatic carbocycles. The van der Waals surface area contributed by atoms with Gasteiger partial charge in [0.05, 0.1) is 5.52 Å². The molecule has 3 nitrogen and oxygen atoms in total. The molecule has 18 heavy (non-hydrogen) atoms. The number of rotatable bonds is 3. The average molecular weight is 248 g/mol. The third-order valence-corrected chi connectivity index (χ3v) is 2.91. The van der Waals surface area contributed by atoms with Gasteiger partial charge in [-0.15, -0.1) is 0 Å². The van der Waals surface area contributed by atoms with Gasteiger partial charge in [-0.25, -0.2) is 9.37 Å². The zero-order valence-electron chi connectivity index (χ0n) is 10.9. The molecule has 0 saturated carbocycles. The van der Waals surface area contributed by atoms with E-state index in [1.54, 1.807) is 16.7 Å². The zero-order chi connectivity index (χ0) is 13.3. The molecule has 0 fully saturated rings. The van der Waals surface area contributed by atoms with Crippen LogP contribution in [-0.4, -0.2) is 9.55 Å². The Kier molecular flexibility index (Phi) is 3.45. The first-order valence-corrected chi connectivity index (χ1v) is 6.22. The van der Waals surface area contributed by atoms with E-state index in [4.69, 9.17) is 0 Å². The summed E-state index contributed by atoms with van der Waals surface area (Å²) in [7, 11) is 0. The van der Waals surface area contributed by atoms with Gasteiger partial charge in [-0.05, 0) is 31.4 Å². The van der Waals surface area contributed by atoms with Crippen molar-refractivity contribution in [1.29, 1.82) is 0 Å². The highest BCUT2D eigenvalue weighted by atomic mass is 19.1. The van der Waals surface area contributed by atoms with E-state index in [-0.39, 0.29) is 16.9 Å². The fourth-order valence-electron chi connectivity index (χ4n) is 2.11. The van der Waals surface area contributed by atoms with Crippen LogP contribution in [0.5, 0.6) is 0 Å². The molecule has 0 N–H and O–H groups in total. The average Bonchev–Trinajstić information content (AvgIpc) is 2.31. The van der Waals surface area contributed by atoms with Gasteiger partial charge in [0.25, 0.3) is 5.56 Å². The lowest BCUT2D eigenvalue weighted by atomic mass is 10.1. The van der Waals surface area contributed by atoms with Gasteiger partial charge in [-0.1, -0.05) is 19.9 Å². The van der Waals surface area contributed by atoms with Gasteiger partial charge in [0.15, 0.2) is 5.82 Å². The molecule has 4 heteroatoms. The maximum absolute atomic E-state index is 13.8. The summed E-state index contributed by atoms with van der Waals surface area (Å²) in [5.74, 6) is -0.0561. The predicted molar refractivity (Wildman–Crippen MR) is 70.2 cm³/mol. The van der Waals surface area contributed by atoms with Gasteiger partial charge >= 0.3 is 0 Å². The highest BCUT2D eigenvalue weighted by Crippen LogP contribution is 2.15. The van der Waals surface area contributed by atoms with Crippen molar-refractivity contribution in [2.45, 2.75) is 33.7 Å². The van der Waals surface area contributed by atoms with Gasteiger partial charge < -0.3 is 4.57 Å². The summed E-state index contributed by atoms with van der Waals surface area (Å²) in [5, 5.41) is 0. The van der Waals surface area contributed by atoms with Crippen molar-refractivity contribution in [2.24, 2.45) is 5.92 Å². The van der Waals surface area contributed by atoms with Crippen molar-refractivity contribution in [3.05, 3.63) is 40.1 Å². The summed E-state index contributed by atoms with van der Waals surface area (Å²) in [6.07, 6.45) is 0.573. The molecule has 1 aromatic heterocycles. The number of para-hydroxylation sites is 1. The summed E-state index contributed by atoms with van der Waals surface area (Å²) in [5.41, 5.74) is 1.19. The first kappa shape index (κ1) is 12.7. The molecule has 0 spiro atoms. The van der Waals surface area contributed by atoms with Gasteiger partial charge in [-0.2, -0.15) is 0 Å². The van der Waals surface area contributed by atoms with Crippen LogP contribution in [0.15, 0.2) is 23.0 Å². The SMILES string of the molecule is CCn1c(=O)c(CC(C)C)nc2c(F)cccc21. The van der Waals surface area contributed by atoms with Crippen molar-refractivity contribution >= 4 is 11.0 Å². The van der Waals surface area contributed by atoms with E-state index in [1.807, 2.05) is 20.8 Å². The van der Waals surface area contributed by atoms with Gasteiger partial charge in [0.1, 0.15) is 11.2 Å². The number of hydrogen-bond donors (Lipinski definition) is 0. The molecule has 96 valence electrons. The third kappa shape index (κ3) is 2.15. The number of hydrogen-bond acceptors (Lipinski definition) is 2. The second kappa shape index (κ2) is 4.88. The Morgan fingerprint density at radius 1 is 1.39 bits per heavy atom. The normalized spacial score (nSPS) is 11.4. The molecule has 0 aliphatic heterocycles. The summed E-state index contributed by atoms with van der Waals surface area (Å²) < 4.78 is 15.4. The van der Waals surface area contributed by atoms with Crippen molar-refractivity contribution in [2.75, 3.05) is 0 Å². The van der Waals surface area contributed by atoms with Crippen LogP contribution < -0.4 is 5.56 Å². The minimum absolute atomic E-state index is 0.107. The van der Waals surface area contributed by atoms with Crippen LogP contribution in [0.4, 0.5) is 4.39 Å². The van der Waals surface area contributed by atoms with Gasteiger partial charge in [0, 0.05) is 6.54 Å². The van der Waals surface area contributed by atoms with E-state index in [2.05, 4.69) is 4.98 Å². The summed E-state index contributed by atoms with van der Waals surface area (Å²) in [4.78, 5) is 16.5. The Balaban J connectivity index is 2.79. The Morgan fingerprint density at radius 3 is 2.72 bits per heavy atom. The topological polar surface area (TPSA) is 34.9 Å². The lowest BCUT2D eigenvalue weighted by molar-refractivity contribution is 0.608. The van der Waals surface area contributed by atoms with E-state index in [9.17, 15) is 9.18 Å². The molecule has 0 amide bonds. The molecular weight excluding hydrogens is 231 g/mol. The van der Waals surface area contributed by atoms with E-state index in [0.29, 0.717) is 30.1 Å². The summed E-state index contributed by atoms with van der Waals surface area (Å²) in [6, 6.07) is 4.71. The Hall–Kier alpha value is -1.71. The molecule has 0 bridgehead atoms. The van der Waals surface area contributed by atoms with Crippen molar-refractivity contribution in [3.63, 3.8) is 0 Å². The van der Waals surface area contributed by atoms with Crippen molar-refractivity contribution in [1.82, 2.24) is 9.55 Å². The zero-order valence-corrected chi connectivity index (χ0v) is 10.9. The number of nitrogens with zero attached hydrogens (tertiary/aromatic N) is 2. The smallest absolute Gasteiger partial charge is 0.272 e. The highest BCUT2D eigenvalue weighted by Gasteiger charge is 2.13. The number of aryl methyl sites for hydroxylation is 1. The maximum Gasteiger partial charge on any atom is 0.272 e. The van der Waals surface area contributed by atoms with E-state index >= 15 is 0 Å². The fraction of sp³-hybridized carbons (Fsp3) is 0.429. The van der Waals surface area contributed by atoms with E-state index < -0.39 is 0 Å². The molecule has 0 atom stereocenters. The Bertz CT molecular complexity index is 631. The molecule has 0 aliphatic carbocycles. The molecular formula is C14H17FN2O. The van der Waals surface area contributed by atoms with Crippen LogP contribution in [0.1, 0.15) is 26.5 Å². The number of benzene rings is 1. The maximum atomic E-state index is 13.8. The second-order valence-electron chi connectivity index (χ2n) is 4.81. The van der Waals surface area contributed by atoms with Crippen LogP contribution in [0, 0.1) is 11.7 Å². The molecule has 0 radical (unpaired) electrons. The standard InChI is InChI=1S/C14H17FN2O/c1-4-17-12-7-5-6-10(15)13(12)16-11(14(17)18)8-9(2)3/h5-7,9H,4,8H2,1-3H3. The third-order valence-electron chi connectivity index (χ3n) is 2.91. The van der Waals surface area contributed by atoms with Gasteiger partial charge in [-0.3, -0.25) is 4.79 Å². The Morgan fingerprint density at radius 2 is 2.11 bits per heavy atom. The molecule has 0 unspecified atom stereocenters. The summed E-state index contributed by atoms with van der Waals surface area (Å²) in [6.45, 7) is 6.43. The Labute approximate surface area is 105 Å². The first-order valence-electron chi connectivity index (χ1n) is 6.22.